The van der Waals surface area contributed by atoms with Gasteiger partial charge in [0.15, 0.2) is 0 Å². The Labute approximate surface area is 154 Å². The molecule has 0 N–H and O–H groups in total. The van der Waals surface area contributed by atoms with Gasteiger partial charge in [0.25, 0.3) is 0 Å². The summed E-state index contributed by atoms with van der Waals surface area (Å²) in [6.45, 7) is 1.97. The van der Waals surface area contributed by atoms with Gasteiger partial charge in [0, 0.05) is 36.8 Å². The molecule has 1 aliphatic heterocycles. The standard InChI is InChI=1S/C21H26FN3O/c1-24(2)15-21(26)25-12-6-8-17(14-25)20-11-5-9-18(23-20)13-16-7-3-4-10-19(16)22/h3-5,7,9-11,17H,6,8,12-15H2,1-2H3. The zero-order chi connectivity index (χ0) is 18.5. The van der Waals surface area contributed by atoms with Gasteiger partial charge in [-0.3, -0.25) is 9.78 Å². The first-order chi connectivity index (χ1) is 12.5. The van der Waals surface area contributed by atoms with Crippen LogP contribution in [-0.4, -0.2) is 54.4 Å². The number of carbonyl (C=O) groups is 1. The van der Waals surface area contributed by atoms with Gasteiger partial charge in [-0.1, -0.05) is 24.3 Å². The third-order valence-electron chi connectivity index (χ3n) is 4.80. The van der Waals surface area contributed by atoms with Gasteiger partial charge >= 0.3 is 0 Å². The average Bonchev–Trinajstić information content (AvgIpc) is 2.63. The molecule has 1 aromatic carbocycles. The Morgan fingerprint density at radius 2 is 2.04 bits per heavy atom. The van der Waals surface area contributed by atoms with Crippen molar-refractivity contribution in [3.8, 4) is 0 Å². The van der Waals surface area contributed by atoms with Gasteiger partial charge in [0.2, 0.25) is 5.91 Å². The molecule has 0 saturated carbocycles. The second kappa shape index (κ2) is 8.41. The molecular weight excluding hydrogens is 329 g/mol. The lowest BCUT2D eigenvalue weighted by atomic mass is 9.93. The largest absolute Gasteiger partial charge is 0.341 e. The van der Waals surface area contributed by atoms with Crippen molar-refractivity contribution in [3.05, 3.63) is 65.2 Å². The molecule has 2 aromatic rings. The zero-order valence-electron chi connectivity index (χ0n) is 15.5. The highest BCUT2D eigenvalue weighted by atomic mass is 19.1. The monoisotopic (exact) mass is 355 g/mol. The highest BCUT2D eigenvalue weighted by Crippen LogP contribution is 2.26. The normalized spacial score (nSPS) is 17.5. The van der Waals surface area contributed by atoms with Crippen LogP contribution in [0.1, 0.15) is 35.7 Å². The molecule has 1 amide bonds. The molecule has 138 valence electrons. The maximum Gasteiger partial charge on any atom is 0.236 e. The van der Waals surface area contributed by atoms with Crippen molar-refractivity contribution < 1.29 is 9.18 Å². The first kappa shape index (κ1) is 18.5. The minimum Gasteiger partial charge on any atom is -0.341 e. The smallest absolute Gasteiger partial charge is 0.236 e. The van der Waals surface area contributed by atoms with Crippen LogP contribution < -0.4 is 0 Å². The molecule has 26 heavy (non-hydrogen) atoms. The lowest BCUT2D eigenvalue weighted by Gasteiger charge is -2.33. The zero-order valence-corrected chi connectivity index (χ0v) is 15.5. The Bertz CT molecular complexity index is 762. The van der Waals surface area contributed by atoms with Gasteiger partial charge in [-0.05, 0) is 50.7 Å². The summed E-state index contributed by atoms with van der Waals surface area (Å²) in [5.74, 6) is 0.218. The van der Waals surface area contributed by atoms with E-state index >= 15 is 0 Å². The van der Waals surface area contributed by atoms with Crippen molar-refractivity contribution in [1.82, 2.24) is 14.8 Å². The number of likely N-dealkylation sites (N-methyl/N-ethyl adjacent to an activating group) is 1. The summed E-state index contributed by atoms with van der Waals surface area (Å²) in [7, 11) is 3.82. The van der Waals surface area contributed by atoms with E-state index in [-0.39, 0.29) is 17.6 Å². The van der Waals surface area contributed by atoms with Crippen molar-refractivity contribution in [2.75, 3.05) is 33.7 Å². The molecule has 0 spiro atoms. The van der Waals surface area contributed by atoms with E-state index in [4.69, 9.17) is 4.98 Å². The molecule has 1 fully saturated rings. The summed E-state index contributed by atoms with van der Waals surface area (Å²) in [6.07, 6.45) is 2.50. The number of aromatic nitrogens is 1. The van der Waals surface area contributed by atoms with E-state index in [0.717, 1.165) is 30.8 Å². The molecule has 2 heterocycles. The number of hydrogen-bond donors (Lipinski definition) is 0. The molecule has 1 saturated heterocycles. The van der Waals surface area contributed by atoms with Crippen LogP contribution in [-0.2, 0) is 11.2 Å². The summed E-state index contributed by atoms with van der Waals surface area (Å²) in [5.41, 5.74) is 2.52. The quantitative estimate of drug-likeness (QED) is 0.827. The number of hydrogen-bond acceptors (Lipinski definition) is 3. The predicted molar refractivity (Wildman–Crippen MR) is 101 cm³/mol. The maximum atomic E-state index is 13.9. The Morgan fingerprint density at radius 3 is 2.81 bits per heavy atom. The van der Waals surface area contributed by atoms with Crippen LogP contribution in [0.15, 0.2) is 42.5 Å². The number of benzene rings is 1. The number of likely N-dealkylation sites (tertiary alicyclic amines) is 1. The van der Waals surface area contributed by atoms with E-state index in [9.17, 15) is 9.18 Å². The number of halogens is 1. The van der Waals surface area contributed by atoms with Gasteiger partial charge in [0.1, 0.15) is 5.82 Å². The van der Waals surface area contributed by atoms with Crippen LogP contribution in [0.4, 0.5) is 4.39 Å². The summed E-state index contributed by atoms with van der Waals surface area (Å²) < 4.78 is 13.9. The summed E-state index contributed by atoms with van der Waals surface area (Å²) in [6, 6.07) is 12.8. The number of carbonyl (C=O) groups excluding carboxylic acids is 1. The molecule has 3 rings (SSSR count). The molecule has 4 nitrogen and oxygen atoms in total. The fraction of sp³-hybridized carbons (Fsp3) is 0.429. The van der Waals surface area contributed by atoms with Crippen molar-refractivity contribution in [2.24, 2.45) is 0 Å². The van der Waals surface area contributed by atoms with Crippen LogP contribution >= 0.6 is 0 Å². The van der Waals surface area contributed by atoms with E-state index in [1.807, 2.05) is 48.2 Å². The minimum atomic E-state index is -0.196. The molecule has 5 heteroatoms. The SMILES string of the molecule is CN(C)CC(=O)N1CCCC(c2cccc(Cc3ccccc3F)n2)C1. The molecule has 0 bridgehead atoms. The third kappa shape index (κ3) is 4.67. The second-order valence-corrected chi connectivity index (χ2v) is 7.24. The number of piperidine rings is 1. The molecule has 1 atom stereocenters. The first-order valence-corrected chi connectivity index (χ1v) is 9.14. The number of amides is 1. The van der Waals surface area contributed by atoms with Crippen molar-refractivity contribution in [3.63, 3.8) is 0 Å². The Balaban J connectivity index is 1.71. The summed E-state index contributed by atoms with van der Waals surface area (Å²) in [4.78, 5) is 21.0. The highest BCUT2D eigenvalue weighted by Gasteiger charge is 2.25. The van der Waals surface area contributed by atoms with Crippen LogP contribution in [0.2, 0.25) is 0 Å². The molecule has 1 aliphatic rings. The van der Waals surface area contributed by atoms with Crippen LogP contribution in [0, 0.1) is 5.82 Å². The van der Waals surface area contributed by atoms with Crippen LogP contribution in [0.3, 0.4) is 0 Å². The second-order valence-electron chi connectivity index (χ2n) is 7.24. The van der Waals surface area contributed by atoms with E-state index < -0.39 is 0 Å². The number of nitrogens with zero attached hydrogens (tertiary/aromatic N) is 3. The number of pyridine rings is 1. The topological polar surface area (TPSA) is 36.4 Å². The van der Waals surface area contributed by atoms with E-state index in [0.29, 0.717) is 25.1 Å². The highest BCUT2D eigenvalue weighted by molar-refractivity contribution is 5.78. The Morgan fingerprint density at radius 1 is 1.23 bits per heavy atom. The van der Waals surface area contributed by atoms with E-state index in [1.54, 1.807) is 12.1 Å². The minimum absolute atomic E-state index is 0.169. The van der Waals surface area contributed by atoms with Gasteiger partial charge in [-0.25, -0.2) is 4.39 Å². The van der Waals surface area contributed by atoms with Gasteiger partial charge in [-0.15, -0.1) is 0 Å². The molecular formula is C21H26FN3O. The molecule has 0 aliphatic carbocycles. The van der Waals surface area contributed by atoms with Crippen LogP contribution in [0.5, 0.6) is 0 Å². The van der Waals surface area contributed by atoms with E-state index in [2.05, 4.69) is 0 Å². The molecule has 0 radical (unpaired) electrons. The van der Waals surface area contributed by atoms with Crippen molar-refractivity contribution >= 4 is 5.91 Å². The lowest BCUT2D eigenvalue weighted by Crippen LogP contribution is -2.43. The fourth-order valence-corrected chi connectivity index (χ4v) is 3.48. The van der Waals surface area contributed by atoms with Gasteiger partial charge in [0.05, 0.1) is 6.54 Å². The first-order valence-electron chi connectivity index (χ1n) is 9.14. The Kier molecular flexibility index (Phi) is 5.99. The van der Waals surface area contributed by atoms with Gasteiger partial charge < -0.3 is 9.80 Å². The molecule has 1 aromatic heterocycles. The lowest BCUT2D eigenvalue weighted by molar-refractivity contribution is -0.133. The summed E-state index contributed by atoms with van der Waals surface area (Å²) in [5, 5.41) is 0. The molecule has 1 unspecified atom stereocenters. The predicted octanol–water partition coefficient (Wildman–Crippen LogP) is 3.08. The average molecular weight is 355 g/mol. The van der Waals surface area contributed by atoms with Crippen molar-refractivity contribution in [1.29, 1.82) is 0 Å². The van der Waals surface area contributed by atoms with Crippen LogP contribution in [0.25, 0.3) is 0 Å². The number of rotatable bonds is 5. The Hall–Kier alpha value is -2.27. The third-order valence-corrected chi connectivity index (χ3v) is 4.80. The van der Waals surface area contributed by atoms with Gasteiger partial charge in [-0.2, -0.15) is 0 Å². The van der Waals surface area contributed by atoms with Crippen molar-refractivity contribution in [2.45, 2.75) is 25.2 Å². The maximum absolute atomic E-state index is 13.9. The fourth-order valence-electron chi connectivity index (χ4n) is 3.48. The van der Waals surface area contributed by atoms with E-state index in [1.165, 1.54) is 6.07 Å². The summed E-state index contributed by atoms with van der Waals surface area (Å²) >= 11 is 0.